The van der Waals surface area contributed by atoms with E-state index in [-0.39, 0.29) is 39.7 Å². The number of hydrogen-bond acceptors (Lipinski definition) is 8. The summed E-state index contributed by atoms with van der Waals surface area (Å²) in [7, 11) is 2.12. The summed E-state index contributed by atoms with van der Waals surface area (Å²) in [4.78, 5) is 30.2. The van der Waals surface area contributed by atoms with Gasteiger partial charge in [-0.3, -0.25) is 9.69 Å². The summed E-state index contributed by atoms with van der Waals surface area (Å²) in [6, 6.07) is 9.10. The predicted octanol–water partition coefficient (Wildman–Crippen LogP) is 5.10. The molecule has 1 saturated heterocycles. The average Bonchev–Trinajstić information content (AvgIpc) is 2.97. The van der Waals surface area contributed by atoms with E-state index in [0.29, 0.717) is 5.82 Å². The van der Waals surface area contributed by atoms with Crippen LogP contribution in [0.2, 0.25) is 0 Å². The zero-order valence-electron chi connectivity index (χ0n) is 23.9. The predicted molar refractivity (Wildman–Crippen MR) is 156 cm³/mol. The number of piperazine rings is 1. The SMILES string of the molecule is CC.CC(C)n1c(=O)c(C#N)cc2c(F)cc(-c3nc(Nc4ccc(CN5CCN(C)CC5)cn4)ncc3F)cc21. The molecule has 0 aliphatic carbocycles. The Kier molecular flexibility index (Phi) is 9.37. The third-order valence-electron chi connectivity index (χ3n) is 6.83. The van der Waals surface area contributed by atoms with Gasteiger partial charge in [-0.1, -0.05) is 19.9 Å². The molecule has 5 rings (SSSR count). The van der Waals surface area contributed by atoms with E-state index in [1.807, 2.05) is 32.0 Å². The van der Waals surface area contributed by atoms with Gasteiger partial charge in [-0.2, -0.15) is 5.26 Å². The number of anilines is 2. The van der Waals surface area contributed by atoms with Gasteiger partial charge >= 0.3 is 0 Å². The number of nitrogens with one attached hydrogen (secondary N) is 1. The molecule has 0 atom stereocenters. The second-order valence-electron chi connectivity index (χ2n) is 9.98. The molecule has 1 aliphatic rings. The highest BCUT2D eigenvalue weighted by atomic mass is 19.1. The number of rotatable bonds is 6. The first kappa shape index (κ1) is 29.7. The normalized spacial score (nSPS) is 14.0. The Morgan fingerprint density at radius 2 is 1.76 bits per heavy atom. The van der Waals surface area contributed by atoms with E-state index in [2.05, 4.69) is 37.1 Å². The van der Waals surface area contributed by atoms with Gasteiger partial charge < -0.3 is 14.8 Å². The lowest BCUT2D eigenvalue weighted by molar-refractivity contribution is 0.148. The van der Waals surface area contributed by atoms with Crippen molar-refractivity contribution in [3.63, 3.8) is 0 Å². The first-order valence-corrected chi connectivity index (χ1v) is 13.7. The zero-order chi connectivity index (χ0) is 29.7. The third kappa shape index (κ3) is 6.56. The number of halogens is 2. The van der Waals surface area contributed by atoms with Crippen molar-refractivity contribution in [2.24, 2.45) is 0 Å². The van der Waals surface area contributed by atoms with Gasteiger partial charge in [0.15, 0.2) is 5.82 Å². The van der Waals surface area contributed by atoms with Crippen LogP contribution in [0.3, 0.4) is 0 Å². The molecule has 0 spiro atoms. The molecule has 1 N–H and O–H groups in total. The fourth-order valence-corrected chi connectivity index (χ4v) is 4.72. The lowest BCUT2D eigenvalue weighted by Crippen LogP contribution is -2.43. The number of pyridine rings is 2. The molecule has 4 heterocycles. The fraction of sp³-hybridized carbons (Fsp3) is 0.367. The van der Waals surface area contributed by atoms with Crippen LogP contribution in [0.1, 0.15) is 44.9 Å². The van der Waals surface area contributed by atoms with Crippen molar-refractivity contribution < 1.29 is 8.78 Å². The molecule has 4 aromatic rings. The standard InChI is InChI=1S/C28H28F2N8O.C2H6/c1-17(2)38-24-12-19(11-22(29)21(24)10-20(13-31)27(38)39)26-23(30)15-33-28(35-26)34-25-5-4-18(14-32-25)16-37-8-6-36(3)7-9-37;1-2/h4-5,10-12,14-15,17H,6-9,16H2,1-3H3,(H,32,33,34,35);1-2H3. The van der Waals surface area contributed by atoms with Gasteiger partial charge in [0.1, 0.15) is 29.0 Å². The maximum atomic E-state index is 15.2. The van der Waals surface area contributed by atoms with Crippen LogP contribution < -0.4 is 10.9 Å². The van der Waals surface area contributed by atoms with Crippen LogP contribution in [0.5, 0.6) is 0 Å². The zero-order valence-corrected chi connectivity index (χ0v) is 23.9. The summed E-state index contributed by atoms with van der Waals surface area (Å²) in [5, 5.41) is 12.4. The summed E-state index contributed by atoms with van der Waals surface area (Å²) in [5.41, 5.74) is 0.625. The minimum Gasteiger partial charge on any atom is -0.309 e. The molecule has 0 saturated carbocycles. The van der Waals surface area contributed by atoms with E-state index < -0.39 is 17.2 Å². The van der Waals surface area contributed by atoms with Crippen molar-refractivity contribution in [2.45, 2.75) is 40.3 Å². The number of nitrogens with zero attached hydrogens (tertiary/aromatic N) is 7. The van der Waals surface area contributed by atoms with Crippen molar-refractivity contribution in [3.05, 3.63) is 75.8 Å². The Balaban J connectivity index is 0.00000189. The van der Waals surface area contributed by atoms with Gasteiger partial charge in [0.25, 0.3) is 5.56 Å². The van der Waals surface area contributed by atoms with Crippen molar-refractivity contribution in [1.29, 1.82) is 5.26 Å². The molecule has 0 bridgehead atoms. The lowest BCUT2D eigenvalue weighted by atomic mass is 10.0. The number of nitriles is 1. The highest BCUT2D eigenvalue weighted by Crippen LogP contribution is 2.29. The molecule has 9 nitrogen and oxygen atoms in total. The van der Waals surface area contributed by atoms with Crippen LogP contribution in [0, 0.1) is 23.0 Å². The number of benzene rings is 1. The quantitative estimate of drug-likeness (QED) is 0.348. The highest BCUT2D eigenvalue weighted by molar-refractivity contribution is 5.86. The highest BCUT2D eigenvalue weighted by Gasteiger charge is 2.19. The number of aromatic nitrogens is 4. The Bertz CT molecular complexity index is 1620. The lowest BCUT2D eigenvalue weighted by Gasteiger charge is -2.32. The van der Waals surface area contributed by atoms with E-state index in [9.17, 15) is 14.4 Å². The molecular formula is C30H34F2N8O. The summed E-state index contributed by atoms with van der Waals surface area (Å²) in [5.74, 6) is -0.871. The first-order chi connectivity index (χ1) is 19.7. The van der Waals surface area contributed by atoms with Crippen LogP contribution in [0.4, 0.5) is 20.5 Å². The molecule has 0 unspecified atom stereocenters. The molecule has 41 heavy (non-hydrogen) atoms. The molecule has 1 aromatic carbocycles. The van der Waals surface area contributed by atoms with E-state index in [1.165, 1.54) is 16.7 Å². The van der Waals surface area contributed by atoms with Gasteiger partial charge in [0.05, 0.1) is 11.7 Å². The minimum absolute atomic E-state index is 0.0901. The maximum absolute atomic E-state index is 15.2. The van der Waals surface area contributed by atoms with Crippen molar-refractivity contribution in [2.75, 3.05) is 38.5 Å². The van der Waals surface area contributed by atoms with Gasteiger partial charge in [0.2, 0.25) is 5.95 Å². The first-order valence-electron chi connectivity index (χ1n) is 13.7. The number of likely N-dealkylation sites (N-methyl/N-ethyl adjacent to an activating group) is 1. The molecule has 0 amide bonds. The van der Waals surface area contributed by atoms with E-state index in [1.54, 1.807) is 20.0 Å². The van der Waals surface area contributed by atoms with Gasteiger partial charge in [-0.05, 0) is 50.7 Å². The van der Waals surface area contributed by atoms with Crippen LogP contribution in [0.15, 0.2) is 47.5 Å². The van der Waals surface area contributed by atoms with Gasteiger partial charge in [-0.15, -0.1) is 0 Å². The maximum Gasteiger partial charge on any atom is 0.269 e. The number of fused-ring (bicyclic) bond motifs is 1. The second kappa shape index (κ2) is 12.9. The van der Waals surface area contributed by atoms with Crippen molar-refractivity contribution >= 4 is 22.7 Å². The summed E-state index contributed by atoms with van der Waals surface area (Å²) in [6.45, 7) is 12.4. The smallest absolute Gasteiger partial charge is 0.269 e. The van der Waals surface area contributed by atoms with Crippen LogP contribution in [-0.4, -0.2) is 62.5 Å². The molecule has 3 aromatic heterocycles. The molecule has 11 heteroatoms. The Hall–Kier alpha value is -4.27. The minimum atomic E-state index is -0.748. The Labute approximate surface area is 238 Å². The second-order valence-corrected chi connectivity index (χ2v) is 9.98. The van der Waals surface area contributed by atoms with Crippen molar-refractivity contribution in [1.82, 2.24) is 29.3 Å². The molecule has 1 fully saturated rings. The molecule has 1 aliphatic heterocycles. The Morgan fingerprint density at radius 3 is 2.39 bits per heavy atom. The van der Waals surface area contributed by atoms with Crippen LogP contribution in [-0.2, 0) is 6.54 Å². The van der Waals surface area contributed by atoms with E-state index in [4.69, 9.17) is 0 Å². The number of hydrogen-bond donors (Lipinski definition) is 1. The monoisotopic (exact) mass is 560 g/mol. The van der Waals surface area contributed by atoms with Gasteiger partial charge in [0, 0.05) is 55.9 Å². The summed E-state index contributed by atoms with van der Waals surface area (Å²) in [6.07, 6.45) is 2.79. The average molecular weight is 561 g/mol. The van der Waals surface area contributed by atoms with E-state index in [0.717, 1.165) is 50.6 Å². The third-order valence-corrected chi connectivity index (χ3v) is 6.83. The van der Waals surface area contributed by atoms with Crippen LogP contribution in [0.25, 0.3) is 22.2 Å². The van der Waals surface area contributed by atoms with Crippen molar-refractivity contribution in [3.8, 4) is 17.3 Å². The van der Waals surface area contributed by atoms with Gasteiger partial charge in [-0.25, -0.2) is 23.7 Å². The molecular weight excluding hydrogens is 526 g/mol. The topological polar surface area (TPSA) is 103 Å². The van der Waals surface area contributed by atoms with Crippen LogP contribution >= 0.6 is 0 Å². The fourth-order valence-electron chi connectivity index (χ4n) is 4.72. The Morgan fingerprint density at radius 1 is 1.02 bits per heavy atom. The summed E-state index contributed by atoms with van der Waals surface area (Å²) >= 11 is 0. The summed E-state index contributed by atoms with van der Waals surface area (Å²) < 4.78 is 31.4. The molecule has 214 valence electrons. The molecule has 0 radical (unpaired) electrons. The van der Waals surface area contributed by atoms with E-state index >= 15 is 4.39 Å². The largest absolute Gasteiger partial charge is 0.309 e.